The molecular formula is C16H29ClN2O4. The van der Waals surface area contributed by atoms with E-state index in [2.05, 4.69) is 0 Å². The molecule has 0 aromatic carbocycles. The van der Waals surface area contributed by atoms with Crippen LogP contribution in [0.1, 0.15) is 33.6 Å². The number of ether oxygens (including phenoxy) is 2. The molecule has 0 aromatic rings. The molecule has 0 spiro atoms. The summed E-state index contributed by atoms with van der Waals surface area (Å²) in [5.74, 6) is -0.749. The van der Waals surface area contributed by atoms with Crippen LogP contribution in [-0.4, -0.2) is 55.7 Å². The van der Waals surface area contributed by atoms with E-state index in [1.54, 1.807) is 18.9 Å². The zero-order chi connectivity index (χ0) is 16.7. The SMILES string of the molecule is COC(=O)C(C)CN(C)C(=O)C1(N)C2CCCOC2C1(C)C.Cl. The fraction of sp³-hybridized carbons (Fsp3) is 0.875. The lowest BCUT2D eigenvalue weighted by molar-refractivity contribution is -0.229. The summed E-state index contributed by atoms with van der Waals surface area (Å²) in [5, 5.41) is 0. The Labute approximate surface area is 144 Å². The van der Waals surface area contributed by atoms with E-state index in [0.717, 1.165) is 19.4 Å². The summed E-state index contributed by atoms with van der Waals surface area (Å²) in [7, 11) is 3.05. The third kappa shape index (κ3) is 2.96. The van der Waals surface area contributed by atoms with Crippen molar-refractivity contribution < 1.29 is 19.1 Å². The minimum Gasteiger partial charge on any atom is -0.469 e. The number of methoxy groups -OCH3 is 1. The molecule has 1 saturated heterocycles. The van der Waals surface area contributed by atoms with Crippen molar-refractivity contribution in [2.24, 2.45) is 23.0 Å². The Kier molecular flexibility index (Phi) is 6.10. The highest BCUT2D eigenvalue weighted by Crippen LogP contribution is 2.57. The van der Waals surface area contributed by atoms with Crippen molar-refractivity contribution in [2.45, 2.75) is 45.3 Å². The van der Waals surface area contributed by atoms with Gasteiger partial charge in [0.25, 0.3) is 0 Å². The summed E-state index contributed by atoms with van der Waals surface area (Å²) in [6.07, 6.45) is 1.89. The van der Waals surface area contributed by atoms with E-state index in [9.17, 15) is 9.59 Å². The number of esters is 1. The smallest absolute Gasteiger partial charge is 0.310 e. The number of likely N-dealkylation sites (N-methyl/N-ethyl adjacent to an activating group) is 1. The number of carbonyl (C=O) groups excluding carboxylic acids is 2. The van der Waals surface area contributed by atoms with Crippen molar-refractivity contribution in [2.75, 3.05) is 27.3 Å². The average molecular weight is 349 g/mol. The van der Waals surface area contributed by atoms with E-state index in [1.165, 1.54) is 7.11 Å². The van der Waals surface area contributed by atoms with Crippen molar-refractivity contribution in [3.05, 3.63) is 0 Å². The highest BCUT2D eigenvalue weighted by molar-refractivity contribution is 5.89. The van der Waals surface area contributed by atoms with Crippen LogP contribution in [0.3, 0.4) is 0 Å². The highest BCUT2D eigenvalue weighted by atomic mass is 35.5. The van der Waals surface area contributed by atoms with E-state index in [-0.39, 0.29) is 42.2 Å². The van der Waals surface area contributed by atoms with Crippen LogP contribution in [0.15, 0.2) is 0 Å². The van der Waals surface area contributed by atoms with E-state index in [0.29, 0.717) is 6.54 Å². The monoisotopic (exact) mass is 348 g/mol. The van der Waals surface area contributed by atoms with Crippen molar-refractivity contribution in [1.29, 1.82) is 0 Å². The number of nitrogens with zero attached hydrogens (tertiary/aromatic N) is 1. The van der Waals surface area contributed by atoms with Gasteiger partial charge in [-0.25, -0.2) is 0 Å². The van der Waals surface area contributed by atoms with Gasteiger partial charge in [0.1, 0.15) is 5.54 Å². The van der Waals surface area contributed by atoms with Crippen LogP contribution in [0.2, 0.25) is 0 Å². The molecule has 2 rings (SSSR count). The molecule has 1 aliphatic carbocycles. The molecule has 0 radical (unpaired) electrons. The Balaban J connectivity index is 0.00000264. The molecule has 0 bridgehead atoms. The van der Waals surface area contributed by atoms with Gasteiger partial charge in [-0.1, -0.05) is 20.8 Å². The first-order valence-corrected chi connectivity index (χ1v) is 7.91. The van der Waals surface area contributed by atoms with Gasteiger partial charge in [0, 0.05) is 31.5 Å². The molecule has 7 heteroatoms. The summed E-state index contributed by atoms with van der Waals surface area (Å²) < 4.78 is 10.5. The topological polar surface area (TPSA) is 81.9 Å². The molecule has 1 aliphatic heterocycles. The van der Waals surface area contributed by atoms with Gasteiger partial charge in [-0.05, 0) is 12.8 Å². The molecule has 1 saturated carbocycles. The maximum absolute atomic E-state index is 13.0. The summed E-state index contributed by atoms with van der Waals surface area (Å²) in [5.41, 5.74) is 5.24. The van der Waals surface area contributed by atoms with Crippen LogP contribution in [0.5, 0.6) is 0 Å². The second-order valence-electron chi connectivity index (χ2n) is 7.24. The Morgan fingerprint density at radius 3 is 2.61 bits per heavy atom. The maximum atomic E-state index is 13.0. The summed E-state index contributed by atoms with van der Waals surface area (Å²) >= 11 is 0. The van der Waals surface area contributed by atoms with Gasteiger partial charge in [-0.15, -0.1) is 12.4 Å². The number of halogens is 1. The number of amides is 1. The van der Waals surface area contributed by atoms with E-state index in [4.69, 9.17) is 15.2 Å². The molecular weight excluding hydrogens is 320 g/mol. The number of fused-ring (bicyclic) bond motifs is 1. The number of hydrogen-bond donors (Lipinski definition) is 1. The standard InChI is InChI=1S/C16H28N2O4.ClH/c1-10(13(19)21-5)9-18(4)14(20)16(17)11-7-6-8-22-12(11)15(16,2)3;/h10-12H,6-9,17H2,1-5H3;1H. The number of rotatable bonds is 4. The van der Waals surface area contributed by atoms with Crippen molar-refractivity contribution >= 4 is 24.3 Å². The highest BCUT2D eigenvalue weighted by Gasteiger charge is 2.70. The molecule has 1 heterocycles. The lowest BCUT2D eigenvalue weighted by Gasteiger charge is -2.65. The average Bonchev–Trinajstić information content (AvgIpc) is 2.52. The van der Waals surface area contributed by atoms with Crippen molar-refractivity contribution in [3.63, 3.8) is 0 Å². The summed E-state index contributed by atoms with van der Waals surface area (Å²) in [4.78, 5) is 26.1. The van der Waals surface area contributed by atoms with Crippen LogP contribution in [0, 0.1) is 17.3 Å². The third-order valence-electron chi connectivity index (χ3n) is 5.54. The van der Waals surface area contributed by atoms with Gasteiger partial charge in [0.2, 0.25) is 5.91 Å². The number of nitrogens with two attached hydrogens (primary N) is 1. The normalized spacial score (nSPS) is 32.6. The Hall–Kier alpha value is -0.850. The molecule has 1 amide bonds. The lowest BCUT2D eigenvalue weighted by Crippen LogP contribution is -2.82. The van der Waals surface area contributed by atoms with Crippen molar-refractivity contribution in [1.82, 2.24) is 4.90 Å². The number of carbonyl (C=O) groups is 2. The predicted molar refractivity (Wildman–Crippen MR) is 89.2 cm³/mol. The zero-order valence-corrected chi connectivity index (χ0v) is 15.4. The first-order valence-electron chi connectivity index (χ1n) is 7.91. The molecule has 134 valence electrons. The van der Waals surface area contributed by atoms with Gasteiger partial charge in [0.15, 0.2) is 0 Å². The summed E-state index contributed by atoms with van der Waals surface area (Å²) in [6, 6.07) is 0. The molecule has 4 atom stereocenters. The second kappa shape index (κ2) is 6.95. The third-order valence-corrected chi connectivity index (χ3v) is 5.54. The molecule has 0 aromatic heterocycles. The zero-order valence-electron chi connectivity index (χ0n) is 14.6. The lowest BCUT2D eigenvalue weighted by atomic mass is 9.46. The van der Waals surface area contributed by atoms with Gasteiger partial charge >= 0.3 is 5.97 Å². The van der Waals surface area contributed by atoms with E-state index in [1.807, 2.05) is 13.8 Å². The van der Waals surface area contributed by atoms with Crippen molar-refractivity contribution in [3.8, 4) is 0 Å². The van der Waals surface area contributed by atoms with Crippen LogP contribution in [0.4, 0.5) is 0 Å². The Bertz CT molecular complexity index is 471. The van der Waals surface area contributed by atoms with Gasteiger partial charge in [0.05, 0.1) is 19.1 Å². The first-order chi connectivity index (χ1) is 10.2. The maximum Gasteiger partial charge on any atom is 0.310 e. The molecule has 23 heavy (non-hydrogen) atoms. The van der Waals surface area contributed by atoms with Crippen LogP contribution in [0.25, 0.3) is 0 Å². The fourth-order valence-corrected chi connectivity index (χ4v) is 4.10. The molecule has 2 fully saturated rings. The minimum absolute atomic E-state index is 0. The molecule has 2 N–H and O–H groups in total. The Morgan fingerprint density at radius 1 is 1.43 bits per heavy atom. The molecule has 2 aliphatic rings. The van der Waals surface area contributed by atoms with E-state index < -0.39 is 11.0 Å². The van der Waals surface area contributed by atoms with E-state index >= 15 is 0 Å². The van der Waals surface area contributed by atoms with Gasteiger partial charge in [-0.3, -0.25) is 9.59 Å². The van der Waals surface area contributed by atoms with Crippen LogP contribution >= 0.6 is 12.4 Å². The first kappa shape index (κ1) is 20.2. The minimum atomic E-state index is -0.928. The van der Waals surface area contributed by atoms with Gasteiger partial charge < -0.3 is 20.1 Å². The largest absolute Gasteiger partial charge is 0.469 e. The molecule has 4 unspecified atom stereocenters. The quantitative estimate of drug-likeness (QED) is 0.772. The van der Waals surface area contributed by atoms with Crippen LogP contribution < -0.4 is 5.73 Å². The van der Waals surface area contributed by atoms with Gasteiger partial charge in [-0.2, -0.15) is 0 Å². The number of hydrogen-bond acceptors (Lipinski definition) is 5. The molecule has 6 nitrogen and oxygen atoms in total. The summed E-state index contributed by atoms with van der Waals surface area (Å²) in [6.45, 7) is 6.78. The second-order valence-corrected chi connectivity index (χ2v) is 7.24. The Morgan fingerprint density at radius 2 is 2.04 bits per heavy atom. The fourth-order valence-electron chi connectivity index (χ4n) is 4.10. The van der Waals surface area contributed by atoms with Crippen LogP contribution in [-0.2, 0) is 19.1 Å². The predicted octanol–water partition coefficient (Wildman–Crippen LogP) is 1.21.